The van der Waals surface area contributed by atoms with Crippen molar-refractivity contribution in [3.63, 3.8) is 0 Å². The topological polar surface area (TPSA) is 64.6 Å². The zero-order valence-corrected chi connectivity index (χ0v) is 13.3. The van der Waals surface area contributed by atoms with Crippen LogP contribution in [0.15, 0.2) is 18.6 Å². The molecule has 1 amide bonds. The van der Waals surface area contributed by atoms with E-state index in [0.29, 0.717) is 24.3 Å². The molecular formula is C17H23N3O3. The Labute approximate surface area is 136 Å². The van der Waals surface area contributed by atoms with Crippen molar-refractivity contribution in [2.75, 3.05) is 19.7 Å². The normalized spacial score (nSPS) is 27.0. The van der Waals surface area contributed by atoms with Crippen LogP contribution in [0.2, 0.25) is 0 Å². The third-order valence-electron chi connectivity index (χ3n) is 5.19. The molecule has 1 aliphatic carbocycles. The Balaban J connectivity index is 1.34. The van der Waals surface area contributed by atoms with Crippen molar-refractivity contribution < 1.29 is 14.3 Å². The predicted octanol–water partition coefficient (Wildman–Crippen LogP) is 1.81. The monoisotopic (exact) mass is 317 g/mol. The molecule has 6 heteroatoms. The number of piperidine rings is 1. The summed E-state index contributed by atoms with van der Waals surface area (Å²) in [5.74, 6) is 1.24. The number of carbonyl (C=O) groups excluding carboxylic acids is 1. The van der Waals surface area contributed by atoms with Crippen molar-refractivity contribution in [1.82, 2.24) is 14.9 Å². The van der Waals surface area contributed by atoms with Crippen LogP contribution in [0.3, 0.4) is 0 Å². The molecule has 2 saturated heterocycles. The van der Waals surface area contributed by atoms with Gasteiger partial charge in [-0.15, -0.1) is 0 Å². The standard InChI is InChI=1S/C17H23N3O3/c21-16(13-1-2-13)20-8-4-17(5-9-20)11-14(3-10-22-17)23-15-12-18-6-7-19-15/h6-7,12-14H,1-5,8-11H2. The fraction of sp³-hybridized carbons (Fsp3) is 0.706. The molecule has 0 radical (unpaired) electrons. The van der Waals surface area contributed by atoms with Gasteiger partial charge < -0.3 is 14.4 Å². The Hall–Kier alpha value is -1.69. The van der Waals surface area contributed by atoms with Gasteiger partial charge in [-0.25, -0.2) is 4.98 Å². The Kier molecular flexibility index (Phi) is 3.93. The minimum absolute atomic E-state index is 0.117. The molecule has 1 aromatic rings. The number of rotatable bonds is 3. The minimum Gasteiger partial charge on any atom is -0.473 e. The first-order valence-corrected chi connectivity index (χ1v) is 8.60. The molecule has 1 unspecified atom stereocenters. The molecule has 3 heterocycles. The zero-order valence-electron chi connectivity index (χ0n) is 13.3. The van der Waals surface area contributed by atoms with E-state index in [-0.39, 0.29) is 11.7 Å². The van der Waals surface area contributed by atoms with Crippen molar-refractivity contribution >= 4 is 5.91 Å². The molecule has 0 bridgehead atoms. The summed E-state index contributed by atoms with van der Waals surface area (Å²) in [4.78, 5) is 22.4. The van der Waals surface area contributed by atoms with Gasteiger partial charge in [-0.3, -0.25) is 9.78 Å². The van der Waals surface area contributed by atoms with Crippen LogP contribution in [-0.2, 0) is 9.53 Å². The average molecular weight is 317 g/mol. The van der Waals surface area contributed by atoms with Gasteiger partial charge in [0.05, 0.1) is 18.4 Å². The van der Waals surface area contributed by atoms with Crippen LogP contribution in [-0.4, -0.2) is 52.2 Å². The van der Waals surface area contributed by atoms with Gasteiger partial charge in [0.1, 0.15) is 6.10 Å². The Morgan fingerprint density at radius 2 is 2.09 bits per heavy atom. The van der Waals surface area contributed by atoms with Gasteiger partial charge in [0.15, 0.2) is 0 Å². The highest BCUT2D eigenvalue weighted by Crippen LogP contribution is 2.38. The minimum atomic E-state index is -0.133. The summed E-state index contributed by atoms with van der Waals surface area (Å²) in [5, 5.41) is 0. The quantitative estimate of drug-likeness (QED) is 0.850. The van der Waals surface area contributed by atoms with Gasteiger partial charge in [0.2, 0.25) is 11.8 Å². The summed E-state index contributed by atoms with van der Waals surface area (Å²) in [6, 6.07) is 0. The van der Waals surface area contributed by atoms with E-state index in [9.17, 15) is 4.79 Å². The van der Waals surface area contributed by atoms with Crippen LogP contribution >= 0.6 is 0 Å². The summed E-state index contributed by atoms with van der Waals surface area (Å²) in [7, 11) is 0. The predicted molar refractivity (Wildman–Crippen MR) is 82.9 cm³/mol. The second-order valence-corrected chi connectivity index (χ2v) is 6.91. The van der Waals surface area contributed by atoms with Crippen molar-refractivity contribution in [3.8, 4) is 5.88 Å². The molecule has 0 N–H and O–H groups in total. The van der Waals surface area contributed by atoms with E-state index in [0.717, 1.165) is 51.6 Å². The van der Waals surface area contributed by atoms with Crippen molar-refractivity contribution in [3.05, 3.63) is 18.6 Å². The lowest BCUT2D eigenvalue weighted by atomic mass is 9.83. The molecule has 4 rings (SSSR count). The van der Waals surface area contributed by atoms with Gasteiger partial charge in [-0.2, -0.15) is 0 Å². The highest BCUT2D eigenvalue weighted by molar-refractivity contribution is 5.81. The lowest BCUT2D eigenvalue weighted by Crippen LogP contribution is -2.52. The first-order valence-electron chi connectivity index (χ1n) is 8.60. The molecule has 3 fully saturated rings. The number of ether oxygens (including phenoxy) is 2. The molecule has 0 aromatic carbocycles. The summed E-state index contributed by atoms with van der Waals surface area (Å²) in [6.45, 7) is 2.34. The van der Waals surface area contributed by atoms with Gasteiger partial charge in [0, 0.05) is 44.2 Å². The van der Waals surface area contributed by atoms with Crippen molar-refractivity contribution in [2.45, 2.75) is 50.2 Å². The van der Waals surface area contributed by atoms with Crippen molar-refractivity contribution in [2.24, 2.45) is 5.92 Å². The maximum Gasteiger partial charge on any atom is 0.232 e. The summed E-state index contributed by atoms with van der Waals surface area (Å²) in [5.41, 5.74) is -0.133. The molecule has 1 spiro atoms. The third kappa shape index (κ3) is 3.32. The Morgan fingerprint density at radius 3 is 2.78 bits per heavy atom. The van der Waals surface area contributed by atoms with Gasteiger partial charge in [-0.05, 0) is 25.7 Å². The van der Waals surface area contributed by atoms with E-state index in [2.05, 4.69) is 9.97 Å². The van der Waals surface area contributed by atoms with E-state index >= 15 is 0 Å². The second-order valence-electron chi connectivity index (χ2n) is 6.91. The molecule has 6 nitrogen and oxygen atoms in total. The number of nitrogens with zero attached hydrogens (tertiary/aromatic N) is 3. The SMILES string of the molecule is O=C(C1CC1)N1CCC2(CC1)CC(Oc1cnccn1)CCO2. The van der Waals surface area contributed by atoms with Crippen molar-refractivity contribution in [1.29, 1.82) is 0 Å². The molecule has 23 heavy (non-hydrogen) atoms. The highest BCUT2D eigenvalue weighted by atomic mass is 16.5. The summed E-state index contributed by atoms with van der Waals surface area (Å²) in [6.07, 6.45) is 10.8. The van der Waals surface area contributed by atoms with Crippen LogP contribution < -0.4 is 4.74 Å². The highest BCUT2D eigenvalue weighted by Gasteiger charge is 2.43. The van der Waals surface area contributed by atoms with Gasteiger partial charge in [-0.1, -0.05) is 0 Å². The maximum atomic E-state index is 12.2. The largest absolute Gasteiger partial charge is 0.473 e. The summed E-state index contributed by atoms with van der Waals surface area (Å²) >= 11 is 0. The number of aromatic nitrogens is 2. The van der Waals surface area contributed by atoms with Crippen LogP contribution in [0.5, 0.6) is 5.88 Å². The first kappa shape index (κ1) is 14.9. The van der Waals surface area contributed by atoms with E-state index in [1.165, 1.54) is 0 Å². The Morgan fingerprint density at radius 1 is 1.26 bits per heavy atom. The smallest absolute Gasteiger partial charge is 0.232 e. The molecule has 2 aliphatic heterocycles. The van der Waals surface area contributed by atoms with E-state index in [1.807, 2.05) is 4.90 Å². The van der Waals surface area contributed by atoms with E-state index in [1.54, 1.807) is 18.6 Å². The van der Waals surface area contributed by atoms with Gasteiger partial charge in [0.25, 0.3) is 0 Å². The number of amides is 1. The zero-order chi connectivity index (χ0) is 15.7. The second kappa shape index (κ2) is 6.07. The van der Waals surface area contributed by atoms with E-state index < -0.39 is 0 Å². The fourth-order valence-corrected chi connectivity index (χ4v) is 3.67. The maximum absolute atomic E-state index is 12.2. The van der Waals surface area contributed by atoms with E-state index in [4.69, 9.17) is 9.47 Å². The molecule has 1 atom stereocenters. The molecule has 1 saturated carbocycles. The molecule has 3 aliphatic rings. The van der Waals surface area contributed by atoms with Crippen LogP contribution in [0.25, 0.3) is 0 Å². The summed E-state index contributed by atoms with van der Waals surface area (Å²) < 4.78 is 12.1. The van der Waals surface area contributed by atoms with Crippen LogP contribution in [0.4, 0.5) is 0 Å². The number of likely N-dealkylation sites (tertiary alicyclic amines) is 1. The number of hydrogen-bond acceptors (Lipinski definition) is 5. The fourth-order valence-electron chi connectivity index (χ4n) is 3.67. The lowest BCUT2D eigenvalue weighted by molar-refractivity contribution is -0.152. The number of carbonyl (C=O) groups is 1. The molecular weight excluding hydrogens is 294 g/mol. The average Bonchev–Trinajstić information content (AvgIpc) is 3.41. The number of hydrogen-bond donors (Lipinski definition) is 0. The third-order valence-corrected chi connectivity index (χ3v) is 5.19. The molecule has 1 aromatic heterocycles. The Bertz CT molecular complexity index is 553. The lowest BCUT2D eigenvalue weighted by Gasteiger charge is -2.46. The van der Waals surface area contributed by atoms with Crippen LogP contribution in [0, 0.1) is 5.92 Å². The van der Waals surface area contributed by atoms with Crippen LogP contribution in [0.1, 0.15) is 38.5 Å². The van der Waals surface area contributed by atoms with Gasteiger partial charge >= 0.3 is 0 Å². The first-order chi connectivity index (χ1) is 11.2. The molecule has 124 valence electrons.